The van der Waals surface area contributed by atoms with E-state index in [9.17, 15) is 9.90 Å². The lowest BCUT2D eigenvalue weighted by Gasteiger charge is -2.37. The van der Waals surface area contributed by atoms with Crippen LogP contribution in [0.1, 0.15) is 12.8 Å². The third kappa shape index (κ3) is 3.98. The summed E-state index contributed by atoms with van der Waals surface area (Å²) >= 11 is 6.21. The van der Waals surface area contributed by atoms with Gasteiger partial charge in [0.15, 0.2) is 0 Å². The number of benzene rings is 1. The van der Waals surface area contributed by atoms with Gasteiger partial charge in [-0.05, 0) is 32.0 Å². The zero-order valence-electron chi connectivity index (χ0n) is 13.0. The molecule has 22 heavy (non-hydrogen) atoms. The van der Waals surface area contributed by atoms with Crippen LogP contribution >= 0.6 is 11.6 Å². The predicted octanol–water partition coefficient (Wildman–Crippen LogP) is 1.77. The minimum atomic E-state index is -0.599. The lowest BCUT2D eigenvalue weighted by molar-refractivity contribution is -0.125. The molecule has 1 aromatic rings. The van der Waals surface area contributed by atoms with Crippen LogP contribution in [0.2, 0.25) is 5.02 Å². The largest absolute Gasteiger partial charge is 0.389 e. The average Bonchev–Trinajstić information content (AvgIpc) is 2.48. The highest BCUT2D eigenvalue weighted by atomic mass is 35.5. The molecule has 1 aliphatic heterocycles. The maximum absolute atomic E-state index is 12.8. The first-order valence-electron chi connectivity index (χ1n) is 7.47. The van der Waals surface area contributed by atoms with Crippen LogP contribution < -0.4 is 4.90 Å². The number of aliphatic hydroxyl groups is 1. The Morgan fingerprint density at radius 1 is 1.50 bits per heavy atom. The number of piperidine rings is 1. The van der Waals surface area contributed by atoms with Gasteiger partial charge in [-0.1, -0.05) is 23.7 Å². The van der Waals surface area contributed by atoms with Gasteiger partial charge in [-0.15, -0.1) is 0 Å². The highest BCUT2D eigenvalue weighted by Crippen LogP contribution is 2.29. The van der Waals surface area contributed by atoms with E-state index >= 15 is 0 Å². The van der Waals surface area contributed by atoms with Crippen LogP contribution in [0.15, 0.2) is 24.3 Å². The molecule has 2 atom stereocenters. The Bertz CT molecular complexity index is 512. The molecule has 0 spiro atoms. The standard InChI is InChI=1S/C16H23ClN2O3/c1-18(10-12(20)11-22-2)15-8-5-9-19(16(15)21)14-7-4-3-6-13(14)17/h3-4,6-7,12,15,20H,5,8-11H2,1-2H3. The Morgan fingerprint density at radius 3 is 2.91 bits per heavy atom. The van der Waals surface area contributed by atoms with Crippen LogP contribution in [-0.4, -0.2) is 61.9 Å². The minimum Gasteiger partial charge on any atom is -0.389 e. The van der Waals surface area contributed by atoms with Gasteiger partial charge in [-0.3, -0.25) is 9.69 Å². The molecule has 1 amide bonds. The van der Waals surface area contributed by atoms with Crippen molar-refractivity contribution >= 4 is 23.2 Å². The Labute approximate surface area is 136 Å². The predicted molar refractivity (Wildman–Crippen MR) is 87.3 cm³/mol. The number of carbonyl (C=O) groups is 1. The fraction of sp³-hybridized carbons (Fsp3) is 0.562. The monoisotopic (exact) mass is 326 g/mol. The SMILES string of the molecule is COCC(O)CN(C)C1CCCN(c2ccccc2Cl)C1=O. The van der Waals surface area contributed by atoms with Gasteiger partial charge in [0.2, 0.25) is 5.91 Å². The quantitative estimate of drug-likeness (QED) is 0.865. The van der Waals surface area contributed by atoms with Crippen LogP contribution in [0.5, 0.6) is 0 Å². The third-order valence-corrected chi connectivity index (χ3v) is 4.26. The molecule has 1 fully saturated rings. The molecule has 2 unspecified atom stereocenters. The van der Waals surface area contributed by atoms with Gasteiger partial charge >= 0.3 is 0 Å². The van der Waals surface area contributed by atoms with E-state index < -0.39 is 6.10 Å². The van der Waals surface area contributed by atoms with Crippen molar-refractivity contribution in [1.29, 1.82) is 0 Å². The number of carbonyl (C=O) groups excluding carboxylic acids is 1. The summed E-state index contributed by atoms with van der Waals surface area (Å²) in [4.78, 5) is 16.4. The summed E-state index contributed by atoms with van der Waals surface area (Å²) in [5.74, 6) is 0.0338. The number of amides is 1. The number of hydrogen-bond donors (Lipinski definition) is 1. The Kier molecular flexibility index (Phi) is 6.20. The van der Waals surface area contributed by atoms with E-state index in [0.29, 0.717) is 18.1 Å². The molecule has 6 heteroatoms. The Hall–Kier alpha value is -1.14. The lowest BCUT2D eigenvalue weighted by Crippen LogP contribution is -2.53. The molecule has 1 saturated heterocycles. The highest BCUT2D eigenvalue weighted by molar-refractivity contribution is 6.33. The molecule has 1 aliphatic rings. The van der Waals surface area contributed by atoms with E-state index in [1.165, 1.54) is 0 Å². The van der Waals surface area contributed by atoms with Gasteiger partial charge in [0.05, 0.1) is 29.5 Å². The second-order valence-corrected chi connectivity index (χ2v) is 6.06. The summed E-state index contributed by atoms with van der Waals surface area (Å²) in [5, 5.41) is 10.4. The molecule has 0 radical (unpaired) electrons. The van der Waals surface area contributed by atoms with Gasteiger partial charge in [0, 0.05) is 20.2 Å². The van der Waals surface area contributed by atoms with Crippen molar-refractivity contribution in [3.8, 4) is 0 Å². The van der Waals surface area contributed by atoms with Crippen molar-refractivity contribution in [2.24, 2.45) is 0 Å². The number of likely N-dealkylation sites (N-methyl/N-ethyl adjacent to an activating group) is 1. The number of anilines is 1. The summed E-state index contributed by atoms with van der Waals surface area (Å²) in [5.41, 5.74) is 0.754. The summed E-state index contributed by atoms with van der Waals surface area (Å²) < 4.78 is 4.94. The van der Waals surface area contributed by atoms with Crippen molar-refractivity contribution in [3.63, 3.8) is 0 Å². The van der Waals surface area contributed by atoms with Crippen LogP contribution in [0.25, 0.3) is 0 Å². The molecule has 1 aromatic carbocycles. The van der Waals surface area contributed by atoms with E-state index in [4.69, 9.17) is 16.3 Å². The molecule has 5 nitrogen and oxygen atoms in total. The van der Waals surface area contributed by atoms with Crippen molar-refractivity contribution in [2.45, 2.75) is 25.0 Å². The maximum atomic E-state index is 12.8. The van der Waals surface area contributed by atoms with Gasteiger partial charge in [0.1, 0.15) is 0 Å². The van der Waals surface area contributed by atoms with E-state index in [2.05, 4.69) is 0 Å². The topological polar surface area (TPSA) is 53.0 Å². The van der Waals surface area contributed by atoms with Crippen LogP contribution in [0, 0.1) is 0 Å². The van der Waals surface area contributed by atoms with Crippen LogP contribution in [-0.2, 0) is 9.53 Å². The van der Waals surface area contributed by atoms with Crippen molar-refractivity contribution in [1.82, 2.24) is 4.90 Å². The number of rotatable bonds is 6. The summed E-state index contributed by atoms with van der Waals surface area (Å²) in [7, 11) is 3.41. The van der Waals surface area contributed by atoms with Crippen LogP contribution in [0.3, 0.4) is 0 Å². The zero-order chi connectivity index (χ0) is 16.1. The second-order valence-electron chi connectivity index (χ2n) is 5.65. The van der Waals surface area contributed by atoms with E-state index in [1.807, 2.05) is 30.1 Å². The molecule has 122 valence electrons. The highest BCUT2D eigenvalue weighted by Gasteiger charge is 2.33. The van der Waals surface area contributed by atoms with Crippen molar-refractivity contribution < 1.29 is 14.6 Å². The van der Waals surface area contributed by atoms with Crippen molar-refractivity contribution in [3.05, 3.63) is 29.3 Å². The third-order valence-electron chi connectivity index (χ3n) is 3.94. The number of para-hydroxylation sites is 1. The molecular weight excluding hydrogens is 304 g/mol. The number of ether oxygens (including phenoxy) is 1. The number of halogens is 1. The smallest absolute Gasteiger partial charge is 0.244 e. The molecule has 0 saturated carbocycles. The van der Waals surface area contributed by atoms with Crippen LogP contribution in [0.4, 0.5) is 5.69 Å². The Balaban J connectivity index is 2.08. The average molecular weight is 327 g/mol. The summed E-state index contributed by atoms with van der Waals surface area (Å²) in [6.45, 7) is 1.34. The second kappa shape index (κ2) is 7.92. The number of hydrogen-bond acceptors (Lipinski definition) is 4. The van der Waals surface area contributed by atoms with Gasteiger partial charge in [0.25, 0.3) is 0 Å². The molecule has 1 heterocycles. The first-order valence-corrected chi connectivity index (χ1v) is 7.85. The Morgan fingerprint density at radius 2 is 2.23 bits per heavy atom. The summed E-state index contributed by atoms with van der Waals surface area (Å²) in [6.07, 6.45) is 1.10. The van der Waals surface area contributed by atoms with E-state index in [1.54, 1.807) is 18.1 Å². The zero-order valence-corrected chi connectivity index (χ0v) is 13.8. The summed E-state index contributed by atoms with van der Waals surface area (Å²) in [6, 6.07) is 7.15. The maximum Gasteiger partial charge on any atom is 0.244 e. The first kappa shape index (κ1) is 17.2. The van der Waals surface area contributed by atoms with E-state index in [0.717, 1.165) is 18.5 Å². The fourth-order valence-electron chi connectivity index (χ4n) is 2.88. The molecule has 0 aliphatic carbocycles. The van der Waals surface area contributed by atoms with Gasteiger partial charge in [-0.2, -0.15) is 0 Å². The number of nitrogens with zero attached hydrogens (tertiary/aromatic N) is 2. The first-order chi connectivity index (χ1) is 10.5. The minimum absolute atomic E-state index is 0.0338. The molecule has 0 bridgehead atoms. The van der Waals surface area contributed by atoms with E-state index in [-0.39, 0.29) is 18.6 Å². The molecular formula is C16H23ClN2O3. The van der Waals surface area contributed by atoms with Gasteiger partial charge < -0.3 is 14.7 Å². The fourth-order valence-corrected chi connectivity index (χ4v) is 3.12. The number of aliphatic hydroxyl groups excluding tert-OH is 1. The molecule has 1 N–H and O–H groups in total. The van der Waals surface area contributed by atoms with Crippen molar-refractivity contribution in [2.75, 3.05) is 38.8 Å². The normalized spacial score (nSPS) is 20.5. The number of methoxy groups -OCH3 is 1. The van der Waals surface area contributed by atoms with Gasteiger partial charge in [-0.25, -0.2) is 0 Å². The molecule has 0 aromatic heterocycles. The lowest BCUT2D eigenvalue weighted by atomic mass is 10.0. The molecule has 2 rings (SSSR count).